The smallest absolute Gasteiger partial charge is 0.297 e. The van der Waals surface area contributed by atoms with Gasteiger partial charge in [0.2, 0.25) is 0 Å². The summed E-state index contributed by atoms with van der Waals surface area (Å²) in [7, 11) is 0. The van der Waals surface area contributed by atoms with Crippen LogP contribution in [0.25, 0.3) is 10.9 Å². The predicted molar refractivity (Wildman–Crippen MR) is 65.4 cm³/mol. The summed E-state index contributed by atoms with van der Waals surface area (Å²) in [4.78, 5) is 23.8. The molecule has 0 saturated carbocycles. The number of aromatic amines is 1. The van der Waals surface area contributed by atoms with Crippen molar-refractivity contribution < 1.29 is 14.5 Å². The molecule has 0 saturated heterocycles. The number of hydrogen-bond acceptors (Lipinski definition) is 4. The average molecular weight is 248 g/mol. The molecule has 0 atom stereocenters. The van der Waals surface area contributed by atoms with Crippen LogP contribution in [0.3, 0.4) is 0 Å². The van der Waals surface area contributed by atoms with Gasteiger partial charge in [0.05, 0.1) is 28.1 Å². The third kappa shape index (κ3) is 2.17. The van der Waals surface area contributed by atoms with Gasteiger partial charge in [0.1, 0.15) is 0 Å². The van der Waals surface area contributed by atoms with E-state index in [1.165, 1.54) is 0 Å². The van der Waals surface area contributed by atoms with Gasteiger partial charge in [0.15, 0.2) is 0 Å². The highest BCUT2D eigenvalue weighted by Crippen LogP contribution is 2.30. The Labute approximate surface area is 103 Å². The van der Waals surface area contributed by atoms with Gasteiger partial charge < -0.3 is 9.72 Å². The largest absolute Gasteiger partial charge is 0.467 e. The van der Waals surface area contributed by atoms with Gasteiger partial charge in [-0.3, -0.25) is 14.9 Å². The molecule has 0 bridgehead atoms. The van der Waals surface area contributed by atoms with Crippen molar-refractivity contribution in [3.63, 3.8) is 0 Å². The Morgan fingerprint density at radius 2 is 2.28 bits per heavy atom. The van der Waals surface area contributed by atoms with E-state index in [0.29, 0.717) is 29.5 Å². The Morgan fingerprint density at radius 1 is 1.50 bits per heavy atom. The summed E-state index contributed by atoms with van der Waals surface area (Å²) < 4.78 is 4.57. The van der Waals surface area contributed by atoms with Crippen LogP contribution >= 0.6 is 0 Å². The highest BCUT2D eigenvalue weighted by Gasteiger charge is 2.21. The summed E-state index contributed by atoms with van der Waals surface area (Å²) in [5.41, 5.74) is 2.21. The third-order valence-electron chi connectivity index (χ3n) is 2.72. The molecule has 6 heteroatoms. The summed E-state index contributed by atoms with van der Waals surface area (Å²) in [6.45, 7) is 2.33. The number of aryl methyl sites for hydroxylation is 1. The zero-order valence-electron chi connectivity index (χ0n) is 9.80. The van der Waals surface area contributed by atoms with E-state index < -0.39 is 4.92 Å². The molecular weight excluding hydrogens is 236 g/mol. The molecule has 1 N–H and O–H groups in total. The molecule has 1 aromatic heterocycles. The number of benzene rings is 1. The lowest BCUT2D eigenvalue weighted by Crippen LogP contribution is -2.00. The van der Waals surface area contributed by atoms with Gasteiger partial charge in [-0.2, -0.15) is 0 Å². The molecule has 0 aliphatic heterocycles. The van der Waals surface area contributed by atoms with Crippen LogP contribution in [0.15, 0.2) is 18.2 Å². The minimum Gasteiger partial charge on any atom is -0.467 e. The number of carbonyl (C=O) groups excluding carboxylic acids is 1. The minimum absolute atomic E-state index is 0.0585. The Morgan fingerprint density at radius 3 is 2.94 bits per heavy atom. The van der Waals surface area contributed by atoms with E-state index in [0.717, 1.165) is 5.56 Å². The number of hydrogen-bond donors (Lipinski definition) is 1. The third-order valence-corrected chi connectivity index (χ3v) is 2.72. The molecule has 0 aliphatic rings. The first-order valence-electron chi connectivity index (χ1n) is 5.44. The van der Waals surface area contributed by atoms with Crippen molar-refractivity contribution in [2.75, 3.05) is 6.61 Å². The highest BCUT2D eigenvalue weighted by atomic mass is 16.6. The van der Waals surface area contributed by atoms with Gasteiger partial charge in [-0.05, 0) is 19.1 Å². The van der Waals surface area contributed by atoms with Crippen molar-refractivity contribution in [2.45, 2.75) is 13.3 Å². The number of aromatic nitrogens is 1. The molecule has 0 fully saturated rings. The molecule has 0 radical (unpaired) electrons. The zero-order chi connectivity index (χ0) is 13.1. The normalized spacial score (nSPS) is 10.5. The molecule has 1 aromatic carbocycles. The molecule has 0 spiro atoms. The van der Waals surface area contributed by atoms with Crippen molar-refractivity contribution in [3.8, 4) is 0 Å². The fourth-order valence-electron chi connectivity index (χ4n) is 1.95. The van der Waals surface area contributed by atoms with Crippen molar-refractivity contribution >= 4 is 23.1 Å². The number of H-pyrrole nitrogens is 1. The van der Waals surface area contributed by atoms with Crippen LogP contribution in [-0.2, 0) is 16.0 Å². The van der Waals surface area contributed by atoms with E-state index in [9.17, 15) is 14.9 Å². The molecule has 0 amide bonds. The first-order chi connectivity index (χ1) is 8.63. The minimum atomic E-state index is -0.408. The number of rotatable bonds is 5. The van der Waals surface area contributed by atoms with Gasteiger partial charge in [-0.25, -0.2) is 0 Å². The lowest BCUT2D eigenvalue weighted by atomic mass is 10.1. The molecule has 0 aliphatic carbocycles. The lowest BCUT2D eigenvalue weighted by molar-refractivity contribution is -0.383. The second kappa shape index (κ2) is 4.87. The Bertz CT molecular complexity index is 603. The number of nitro groups is 1. The van der Waals surface area contributed by atoms with Crippen molar-refractivity contribution in [1.29, 1.82) is 0 Å². The Kier molecular flexibility index (Phi) is 3.27. The number of nitrogens with one attached hydrogen (secondary N) is 1. The molecule has 1 heterocycles. The molecule has 18 heavy (non-hydrogen) atoms. The highest BCUT2D eigenvalue weighted by molar-refractivity contribution is 5.91. The van der Waals surface area contributed by atoms with Gasteiger partial charge in [-0.1, -0.05) is 11.6 Å². The Hall–Kier alpha value is -2.37. The summed E-state index contributed by atoms with van der Waals surface area (Å²) in [6, 6.07) is 5.46. The van der Waals surface area contributed by atoms with Crippen molar-refractivity contribution in [2.24, 2.45) is 0 Å². The fraction of sp³-hybridized carbons (Fsp3) is 0.250. The second-order valence-electron chi connectivity index (χ2n) is 3.98. The molecular formula is C12H12N2O4. The number of fused-ring (bicyclic) bond motifs is 1. The van der Waals surface area contributed by atoms with Crippen LogP contribution in [0.5, 0.6) is 0 Å². The van der Waals surface area contributed by atoms with Crippen LogP contribution in [0, 0.1) is 17.0 Å². The van der Waals surface area contributed by atoms with Crippen LogP contribution in [-0.4, -0.2) is 23.0 Å². The maximum absolute atomic E-state index is 11.1. The summed E-state index contributed by atoms with van der Waals surface area (Å²) in [6.07, 6.45) is 0.294. The topological polar surface area (TPSA) is 85.2 Å². The van der Waals surface area contributed by atoms with E-state index in [1.54, 1.807) is 6.07 Å². The summed E-state index contributed by atoms with van der Waals surface area (Å²) in [5.74, 6) is 0. The number of nitrogens with zero attached hydrogens (tertiary/aromatic N) is 1. The summed E-state index contributed by atoms with van der Waals surface area (Å²) >= 11 is 0. The first-order valence-corrected chi connectivity index (χ1v) is 5.44. The second-order valence-corrected chi connectivity index (χ2v) is 3.98. The molecule has 2 aromatic rings. The first kappa shape index (κ1) is 12.1. The van der Waals surface area contributed by atoms with Crippen LogP contribution in [0.2, 0.25) is 0 Å². The molecule has 2 rings (SSSR count). The van der Waals surface area contributed by atoms with Crippen LogP contribution in [0.4, 0.5) is 5.69 Å². The van der Waals surface area contributed by atoms with Crippen molar-refractivity contribution in [1.82, 2.24) is 4.98 Å². The zero-order valence-corrected chi connectivity index (χ0v) is 9.80. The lowest BCUT2D eigenvalue weighted by Gasteiger charge is -1.97. The number of carbonyl (C=O) groups is 1. The van der Waals surface area contributed by atoms with Gasteiger partial charge >= 0.3 is 0 Å². The standard InChI is InChI=1S/C12H12N2O4/c1-8-2-3-10-9(6-8)12(14(16)17)11(13-10)4-5-18-7-15/h2-3,6-7,13H,4-5H2,1H3. The van der Waals surface area contributed by atoms with E-state index in [2.05, 4.69) is 9.72 Å². The van der Waals surface area contributed by atoms with E-state index >= 15 is 0 Å². The van der Waals surface area contributed by atoms with E-state index in [4.69, 9.17) is 0 Å². The quantitative estimate of drug-likeness (QED) is 0.380. The molecule has 94 valence electrons. The van der Waals surface area contributed by atoms with Gasteiger partial charge in [0.25, 0.3) is 12.2 Å². The predicted octanol–water partition coefficient (Wildman–Crippen LogP) is 2.10. The van der Waals surface area contributed by atoms with Crippen LogP contribution in [0.1, 0.15) is 11.3 Å². The van der Waals surface area contributed by atoms with Crippen LogP contribution < -0.4 is 0 Å². The maximum Gasteiger partial charge on any atom is 0.297 e. The van der Waals surface area contributed by atoms with Crippen molar-refractivity contribution in [3.05, 3.63) is 39.6 Å². The number of ether oxygens (including phenoxy) is 1. The maximum atomic E-state index is 11.1. The average Bonchev–Trinajstić information content (AvgIpc) is 2.67. The fourth-order valence-corrected chi connectivity index (χ4v) is 1.95. The van der Waals surface area contributed by atoms with Gasteiger partial charge in [-0.15, -0.1) is 0 Å². The molecule has 0 unspecified atom stereocenters. The summed E-state index contributed by atoms with van der Waals surface area (Å²) in [5, 5.41) is 11.7. The Balaban J connectivity index is 2.48. The van der Waals surface area contributed by atoms with E-state index in [1.807, 2.05) is 19.1 Å². The SMILES string of the molecule is Cc1ccc2[nH]c(CCOC=O)c([N+](=O)[O-])c2c1. The monoisotopic (exact) mass is 248 g/mol. The van der Waals surface area contributed by atoms with E-state index in [-0.39, 0.29) is 12.3 Å². The van der Waals surface area contributed by atoms with Gasteiger partial charge in [0, 0.05) is 6.42 Å². The molecule has 6 nitrogen and oxygen atoms in total.